The van der Waals surface area contributed by atoms with Crippen LogP contribution in [0.25, 0.3) is 0 Å². The van der Waals surface area contributed by atoms with Crippen molar-refractivity contribution in [2.75, 3.05) is 5.32 Å². The molecule has 1 fully saturated rings. The van der Waals surface area contributed by atoms with Crippen LogP contribution in [0.15, 0.2) is 18.2 Å². The van der Waals surface area contributed by atoms with Gasteiger partial charge in [-0.1, -0.05) is 0 Å². The summed E-state index contributed by atoms with van der Waals surface area (Å²) in [5.41, 5.74) is 2.23. The molecule has 1 N–H and O–H groups in total. The van der Waals surface area contributed by atoms with Gasteiger partial charge in [-0.05, 0) is 50.5 Å². The maximum Gasteiger partial charge on any atom is 0.227 e. The molecular weight excluding hydrogens is 250 g/mol. The second-order valence-electron chi connectivity index (χ2n) is 4.77. The van der Waals surface area contributed by atoms with Gasteiger partial charge >= 0.3 is 0 Å². The van der Waals surface area contributed by atoms with E-state index in [-0.39, 0.29) is 17.6 Å². The largest absolute Gasteiger partial charge is 0.326 e. The van der Waals surface area contributed by atoms with Crippen LogP contribution in [0.3, 0.4) is 0 Å². The zero-order chi connectivity index (χ0) is 13.3. The summed E-state index contributed by atoms with van der Waals surface area (Å²) in [6, 6.07) is 5.24. The molecule has 0 aromatic heterocycles. The van der Waals surface area contributed by atoms with Crippen LogP contribution in [0.4, 0.5) is 5.69 Å². The number of Topliss-reactive ketones (excluding diaryl/α,β-unsaturated/α-hetero) is 1. The highest BCUT2D eigenvalue weighted by Crippen LogP contribution is 2.30. The average molecular weight is 266 g/mol. The van der Waals surface area contributed by atoms with E-state index in [1.165, 1.54) is 0 Å². The minimum Gasteiger partial charge on any atom is -0.326 e. The summed E-state index contributed by atoms with van der Waals surface area (Å²) >= 11 is 5.77. The molecule has 1 amide bonds. The van der Waals surface area contributed by atoms with Crippen LogP contribution in [-0.2, 0) is 4.79 Å². The van der Waals surface area contributed by atoms with Crippen LogP contribution >= 0.6 is 11.6 Å². The van der Waals surface area contributed by atoms with Crippen molar-refractivity contribution in [3.8, 4) is 0 Å². The number of alkyl halides is 1. The minimum atomic E-state index is -0.531. The Labute approximate surface area is 112 Å². The number of anilines is 1. The number of hydrogen-bond acceptors (Lipinski definition) is 2. The molecule has 1 atom stereocenters. The van der Waals surface area contributed by atoms with Gasteiger partial charge in [-0.25, -0.2) is 0 Å². The maximum atomic E-state index is 11.7. The fraction of sp³-hybridized carbons (Fsp3) is 0.429. The van der Waals surface area contributed by atoms with Gasteiger partial charge in [0.25, 0.3) is 0 Å². The molecule has 1 aliphatic rings. The number of nitrogens with one attached hydrogen (secondary N) is 1. The van der Waals surface area contributed by atoms with Crippen molar-refractivity contribution in [1.29, 1.82) is 0 Å². The van der Waals surface area contributed by atoms with Crippen molar-refractivity contribution >= 4 is 29.0 Å². The number of hydrogen-bond donors (Lipinski definition) is 1. The van der Waals surface area contributed by atoms with Crippen molar-refractivity contribution in [3.63, 3.8) is 0 Å². The van der Waals surface area contributed by atoms with Crippen molar-refractivity contribution in [1.82, 2.24) is 0 Å². The van der Waals surface area contributed by atoms with E-state index in [4.69, 9.17) is 11.6 Å². The van der Waals surface area contributed by atoms with E-state index < -0.39 is 5.38 Å². The van der Waals surface area contributed by atoms with Crippen LogP contribution in [0.5, 0.6) is 0 Å². The summed E-state index contributed by atoms with van der Waals surface area (Å²) in [4.78, 5) is 23.4. The quantitative estimate of drug-likeness (QED) is 0.671. The van der Waals surface area contributed by atoms with E-state index in [0.29, 0.717) is 5.56 Å². The summed E-state index contributed by atoms with van der Waals surface area (Å²) in [5, 5.41) is 2.35. The van der Waals surface area contributed by atoms with Gasteiger partial charge in [0.05, 0.1) is 5.38 Å². The fourth-order valence-electron chi connectivity index (χ4n) is 1.77. The monoisotopic (exact) mass is 265 g/mol. The Bertz CT molecular complexity index is 493. The minimum absolute atomic E-state index is 0.0721. The van der Waals surface area contributed by atoms with Crippen LogP contribution in [0.1, 0.15) is 35.7 Å². The molecule has 1 aliphatic carbocycles. The van der Waals surface area contributed by atoms with Gasteiger partial charge in [0, 0.05) is 17.2 Å². The summed E-state index contributed by atoms with van der Waals surface area (Å²) < 4.78 is 0. The van der Waals surface area contributed by atoms with Crippen molar-refractivity contribution < 1.29 is 9.59 Å². The third-order valence-electron chi connectivity index (χ3n) is 3.08. The Kier molecular flexibility index (Phi) is 3.71. The number of carbonyl (C=O) groups excluding carboxylic acids is 2. The van der Waals surface area contributed by atoms with E-state index in [2.05, 4.69) is 5.32 Å². The predicted octanol–water partition coefficient (Wildman–Crippen LogP) is 3.15. The van der Waals surface area contributed by atoms with Gasteiger partial charge in [0.15, 0.2) is 5.78 Å². The lowest BCUT2D eigenvalue weighted by Gasteiger charge is -2.10. The van der Waals surface area contributed by atoms with Gasteiger partial charge in [0.1, 0.15) is 0 Å². The maximum absolute atomic E-state index is 11.7. The molecule has 1 saturated carbocycles. The second-order valence-corrected chi connectivity index (χ2v) is 5.43. The van der Waals surface area contributed by atoms with Crippen molar-refractivity contribution in [3.05, 3.63) is 29.3 Å². The average Bonchev–Trinajstić information content (AvgIpc) is 3.14. The van der Waals surface area contributed by atoms with E-state index in [1.807, 2.05) is 6.92 Å². The summed E-state index contributed by atoms with van der Waals surface area (Å²) in [6.07, 6.45) is 1.95. The normalized spacial score (nSPS) is 16.2. The number of amides is 1. The third-order valence-corrected chi connectivity index (χ3v) is 3.28. The first-order valence-corrected chi connectivity index (χ1v) is 6.52. The molecule has 4 heteroatoms. The van der Waals surface area contributed by atoms with Gasteiger partial charge in [-0.15, -0.1) is 11.6 Å². The van der Waals surface area contributed by atoms with Crippen LogP contribution in [0.2, 0.25) is 0 Å². The molecule has 18 heavy (non-hydrogen) atoms. The van der Waals surface area contributed by atoms with Crippen LogP contribution in [-0.4, -0.2) is 17.1 Å². The molecule has 1 unspecified atom stereocenters. The molecular formula is C14H16ClNO2. The van der Waals surface area contributed by atoms with E-state index in [0.717, 1.165) is 24.1 Å². The van der Waals surface area contributed by atoms with E-state index >= 15 is 0 Å². The molecule has 96 valence electrons. The van der Waals surface area contributed by atoms with E-state index in [1.54, 1.807) is 25.1 Å². The highest BCUT2D eigenvalue weighted by atomic mass is 35.5. The molecule has 0 radical (unpaired) electrons. The Hall–Kier alpha value is -1.35. The predicted molar refractivity (Wildman–Crippen MR) is 72.2 cm³/mol. The summed E-state index contributed by atoms with van der Waals surface area (Å²) in [6.45, 7) is 3.53. The SMILES string of the molecule is Cc1cc(C(=O)C(C)Cl)ccc1NC(=O)C1CC1. The Morgan fingerprint density at radius 2 is 2.06 bits per heavy atom. The van der Waals surface area contributed by atoms with Gasteiger partial charge in [0.2, 0.25) is 5.91 Å². The van der Waals surface area contributed by atoms with Crippen LogP contribution < -0.4 is 5.32 Å². The molecule has 0 bridgehead atoms. The zero-order valence-corrected chi connectivity index (χ0v) is 11.3. The number of aryl methyl sites for hydroxylation is 1. The number of rotatable bonds is 4. The third kappa shape index (κ3) is 2.91. The van der Waals surface area contributed by atoms with Gasteiger partial charge < -0.3 is 5.32 Å². The molecule has 1 aromatic rings. The number of carbonyl (C=O) groups is 2. The first kappa shape index (κ1) is 13.1. The topological polar surface area (TPSA) is 46.2 Å². The zero-order valence-electron chi connectivity index (χ0n) is 10.5. The molecule has 0 heterocycles. The molecule has 0 saturated heterocycles. The lowest BCUT2D eigenvalue weighted by Crippen LogP contribution is -2.15. The van der Waals surface area contributed by atoms with Crippen molar-refractivity contribution in [2.45, 2.75) is 32.1 Å². The van der Waals surface area contributed by atoms with E-state index in [9.17, 15) is 9.59 Å². The first-order valence-electron chi connectivity index (χ1n) is 6.09. The van der Waals surface area contributed by atoms with Gasteiger partial charge in [-0.3, -0.25) is 9.59 Å². The molecule has 3 nitrogen and oxygen atoms in total. The highest BCUT2D eigenvalue weighted by Gasteiger charge is 2.29. The fourth-order valence-corrected chi connectivity index (χ4v) is 1.89. The summed E-state index contributed by atoms with van der Waals surface area (Å²) in [5.74, 6) is 0.149. The molecule has 0 spiro atoms. The van der Waals surface area contributed by atoms with Crippen LogP contribution in [0, 0.1) is 12.8 Å². The lowest BCUT2D eigenvalue weighted by molar-refractivity contribution is -0.117. The Morgan fingerprint density at radius 3 is 2.56 bits per heavy atom. The Morgan fingerprint density at radius 1 is 1.39 bits per heavy atom. The second kappa shape index (κ2) is 5.11. The lowest BCUT2D eigenvalue weighted by atomic mass is 10.0. The van der Waals surface area contributed by atoms with Gasteiger partial charge in [-0.2, -0.15) is 0 Å². The molecule has 2 rings (SSSR count). The first-order chi connectivity index (χ1) is 8.49. The smallest absolute Gasteiger partial charge is 0.227 e. The standard InChI is InChI=1S/C14H16ClNO2/c1-8-7-11(13(17)9(2)15)5-6-12(8)16-14(18)10-3-4-10/h5-7,9-10H,3-4H2,1-2H3,(H,16,18). The molecule has 0 aliphatic heterocycles. The number of ketones is 1. The number of benzene rings is 1. The highest BCUT2D eigenvalue weighted by molar-refractivity contribution is 6.33. The van der Waals surface area contributed by atoms with Crippen molar-refractivity contribution in [2.24, 2.45) is 5.92 Å². The molecule has 1 aromatic carbocycles. The Balaban J connectivity index is 2.14. The summed E-state index contributed by atoms with van der Waals surface area (Å²) in [7, 11) is 0. The number of halogens is 1.